The van der Waals surface area contributed by atoms with Gasteiger partial charge < -0.3 is 0 Å². The van der Waals surface area contributed by atoms with E-state index in [0.717, 1.165) is 15.8 Å². The van der Waals surface area contributed by atoms with Gasteiger partial charge in [-0.2, -0.15) is 0 Å². The first kappa shape index (κ1) is 8.82. The van der Waals surface area contributed by atoms with Crippen LogP contribution >= 0.6 is 22.6 Å². The second-order valence-electron chi connectivity index (χ2n) is 3.77. The zero-order chi connectivity index (χ0) is 7.56. The van der Waals surface area contributed by atoms with Gasteiger partial charge in [0.1, 0.15) is 0 Å². The Labute approximate surface area is 77.9 Å². The zero-order valence-electron chi connectivity index (χ0n) is 6.94. The van der Waals surface area contributed by atoms with E-state index in [1.165, 1.54) is 25.7 Å². The van der Waals surface area contributed by atoms with Crippen LogP contribution in [0.3, 0.4) is 0 Å². The summed E-state index contributed by atoms with van der Waals surface area (Å²) in [6.45, 7) is 4.72. The lowest BCUT2D eigenvalue weighted by Gasteiger charge is -2.28. The highest BCUT2D eigenvalue weighted by Gasteiger charge is 2.21. The molecule has 2 atom stereocenters. The molecule has 10 heavy (non-hydrogen) atoms. The third-order valence-corrected chi connectivity index (χ3v) is 3.72. The zero-order valence-corrected chi connectivity index (χ0v) is 9.10. The summed E-state index contributed by atoms with van der Waals surface area (Å²) in [4.78, 5) is 0. The first-order valence-corrected chi connectivity index (χ1v) is 5.58. The minimum Gasteiger partial charge on any atom is -0.0826 e. The fourth-order valence-electron chi connectivity index (χ4n) is 1.77. The molecule has 1 aliphatic rings. The molecule has 1 saturated carbocycles. The Morgan fingerprint density at radius 3 is 2.40 bits per heavy atom. The molecule has 0 radical (unpaired) electrons. The number of hydrogen-bond acceptors (Lipinski definition) is 0. The quantitative estimate of drug-likeness (QED) is 0.493. The fourth-order valence-corrected chi connectivity index (χ4v) is 2.86. The Morgan fingerprint density at radius 2 is 2.00 bits per heavy atom. The van der Waals surface area contributed by atoms with E-state index in [1.807, 2.05) is 0 Å². The van der Waals surface area contributed by atoms with E-state index < -0.39 is 0 Å². The molecule has 0 amide bonds. The average molecular weight is 252 g/mol. The van der Waals surface area contributed by atoms with Gasteiger partial charge in [0.2, 0.25) is 0 Å². The van der Waals surface area contributed by atoms with Gasteiger partial charge in [-0.1, -0.05) is 49.3 Å². The van der Waals surface area contributed by atoms with Crippen molar-refractivity contribution in [2.24, 2.45) is 11.8 Å². The highest BCUT2D eigenvalue weighted by molar-refractivity contribution is 14.1. The normalized spacial score (nSPS) is 34.8. The first-order chi connectivity index (χ1) is 4.70. The van der Waals surface area contributed by atoms with E-state index in [9.17, 15) is 0 Å². The summed E-state index contributed by atoms with van der Waals surface area (Å²) in [5.41, 5.74) is 0. The molecule has 0 aromatic carbocycles. The van der Waals surface area contributed by atoms with Gasteiger partial charge in [0.05, 0.1) is 0 Å². The summed E-state index contributed by atoms with van der Waals surface area (Å²) >= 11 is 2.61. The molecular weight excluding hydrogens is 235 g/mol. The largest absolute Gasteiger partial charge is 0.0826 e. The molecule has 0 bridgehead atoms. The molecule has 0 aliphatic heterocycles. The molecule has 0 nitrogen and oxygen atoms in total. The molecule has 1 fully saturated rings. The maximum absolute atomic E-state index is 2.61. The molecule has 0 saturated heterocycles. The molecule has 0 aromatic rings. The van der Waals surface area contributed by atoms with E-state index in [-0.39, 0.29) is 0 Å². The number of rotatable bonds is 1. The lowest BCUT2D eigenvalue weighted by Crippen LogP contribution is -2.19. The molecule has 0 heterocycles. The SMILES string of the molecule is CC(C)C1CCC[C@H](I)C1. The van der Waals surface area contributed by atoms with Crippen molar-refractivity contribution in [2.75, 3.05) is 0 Å². The summed E-state index contributed by atoms with van der Waals surface area (Å²) in [6.07, 6.45) is 5.88. The minimum absolute atomic E-state index is 0.914. The van der Waals surface area contributed by atoms with Crippen LogP contribution < -0.4 is 0 Å². The van der Waals surface area contributed by atoms with Crippen molar-refractivity contribution in [1.29, 1.82) is 0 Å². The van der Waals surface area contributed by atoms with Crippen LogP contribution in [0, 0.1) is 11.8 Å². The molecule has 0 N–H and O–H groups in total. The van der Waals surface area contributed by atoms with Crippen molar-refractivity contribution in [2.45, 2.75) is 43.5 Å². The van der Waals surface area contributed by atoms with Crippen molar-refractivity contribution in [1.82, 2.24) is 0 Å². The van der Waals surface area contributed by atoms with Crippen molar-refractivity contribution in [3.05, 3.63) is 0 Å². The van der Waals surface area contributed by atoms with Crippen molar-refractivity contribution in [3.8, 4) is 0 Å². The molecule has 1 rings (SSSR count). The predicted octanol–water partition coefficient (Wildman–Crippen LogP) is 3.64. The number of hydrogen-bond donors (Lipinski definition) is 0. The first-order valence-electron chi connectivity index (χ1n) is 4.34. The maximum Gasteiger partial charge on any atom is 0.0112 e. The minimum atomic E-state index is 0.914. The molecular formula is C9H17I. The second kappa shape index (κ2) is 3.93. The number of halogens is 1. The van der Waals surface area contributed by atoms with Gasteiger partial charge >= 0.3 is 0 Å². The average Bonchev–Trinajstić information content (AvgIpc) is 1.88. The third-order valence-electron chi connectivity index (χ3n) is 2.59. The van der Waals surface area contributed by atoms with Crippen LogP contribution in [-0.4, -0.2) is 3.92 Å². The summed E-state index contributed by atoms with van der Waals surface area (Å²) in [6, 6.07) is 0. The van der Waals surface area contributed by atoms with E-state index in [4.69, 9.17) is 0 Å². The van der Waals surface area contributed by atoms with E-state index in [1.54, 1.807) is 0 Å². The summed E-state index contributed by atoms with van der Waals surface area (Å²) in [7, 11) is 0. The van der Waals surface area contributed by atoms with Crippen LogP contribution in [0.5, 0.6) is 0 Å². The van der Waals surface area contributed by atoms with Gasteiger partial charge in [-0.05, 0) is 24.7 Å². The summed E-state index contributed by atoms with van der Waals surface area (Å²) in [5.74, 6) is 1.94. The molecule has 60 valence electrons. The van der Waals surface area contributed by atoms with Crippen LogP contribution in [0.25, 0.3) is 0 Å². The van der Waals surface area contributed by atoms with Gasteiger partial charge in [0, 0.05) is 3.92 Å². The van der Waals surface area contributed by atoms with Crippen LogP contribution in [-0.2, 0) is 0 Å². The Balaban J connectivity index is 2.32. The van der Waals surface area contributed by atoms with Gasteiger partial charge in [-0.25, -0.2) is 0 Å². The maximum atomic E-state index is 2.61. The van der Waals surface area contributed by atoms with Crippen molar-refractivity contribution >= 4 is 22.6 Å². The van der Waals surface area contributed by atoms with E-state index >= 15 is 0 Å². The molecule has 1 aliphatic carbocycles. The van der Waals surface area contributed by atoms with Crippen LogP contribution in [0.2, 0.25) is 0 Å². The lowest BCUT2D eigenvalue weighted by molar-refractivity contribution is 0.289. The lowest BCUT2D eigenvalue weighted by atomic mass is 9.82. The highest BCUT2D eigenvalue weighted by Crippen LogP contribution is 2.33. The third kappa shape index (κ3) is 2.40. The number of alkyl halides is 1. The van der Waals surface area contributed by atoms with Gasteiger partial charge in [-0.15, -0.1) is 0 Å². The second-order valence-corrected chi connectivity index (χ2v) is 5.53. The van der Waals surface area contributed by atoms with Gasteiger partial charge in [0.15, 0.2) is 0 Å². The van der Waals surface area contributed by atoms with Crippen LogP contribution in [0.1, 0.15) is 39.5 Å². The monoisotopic (exact) mass is 252 g/mol. The molecule has 1 unspecified atom stereocenters. The molecule has 0 aromatic heterocycles. The van der Waals surface area contributed by atoms with Gasteiger partial charge in [0.25, 0.3) is 0 Å². The smallest absolute Gasteiger partial charge is 0.0112 e. The highest BCUT2D eigenvalue weighted by atomic mass is 127. The van der Waals surface area contributed by atoms with Crippen molar-refractivity contribution in [3.63, 3.8) is 0 Å². The summed E-state index contributed by atoms with van der Waals surface area (Å²) < 4.78 is 0.971. The van der Waals surface area contributed by atoms with E-state index in [2.05, 4.69) is 36.4 Å². The standard InChI is InChI=1S/C9H17I/c1-7(2)8-4-3-5-9(10)6-8/h7-9H,3-6H2,1-2H3/t8?,9-/m0/s1. The topological polar surface area (TPSA) is 0 Å². The Bertz CT molecular complexity index is 98.9. The van der Waals surface area contributed by atoms with Crippen LogP contribution in [0.15, 0.2) is 0 Å². The Morgan fingerprint density at radius 1 is 1.30 bits per heavy atom. The fraction of sp³-hybridized carbons (Fsp3) is 1.00. The molecule has 0 spiro atoms. The Hall–Kier alpha value is 0.730. The Kier molecular flexibility index (Phi) is 3.47. The van der Waals surface area contributed by atoms with E-state index in [0.29, 0.717) is 0 Å². The van der Waals surface area contributed by atoms with Crippen molar-refractivity contribution < 1.29 is 0 Å². The van der Waals surface area contributed by atoms with Crippen LogP contribution in [0.4, 0.5) is 0 Å². The summed E-state index contributed by atoms with van der Waals surface area (Å²) in [5, 5.41) is 0. The molecule has 1 heteroatoms. The van der Waals surface area contributed by atoms with Gasteiger partial charge in [-0.3, -0.25) is 0 Å². The predicted molar refractivity (Wildman–Crippen MR) is 54.6 cm³/mol.